The van der Waals surface area contributed by atoms with E-state index in [2.05, 4.69) is 10.5 Å². The molecule has 0 radical (unpaired) electrons. The molecule has 0 heterocycles. The first-order valence-electron chi connectivity index (χ1n) is 8.90. The van der Waals surface area contributed by atoms with E-state index in [0.717, 1.165) is 5.56 Å². The summed E-state index contributed by atoms with van der Waals surface area (Å²) < 4.78 is 24.1. The van der Waals surface area contributed by atoms with Crippen molar-refractivity contribution in [3.05, 3.63) is 92.2 Å². The van der Waals surface area contributed by atoms with E-state index in [1.165, 1.54) is 37.6 Å². The van der Waals surface area contributed by atoms with Gasteiger partial charge >= 0.3 is 0 Å². The summed E-state index contributed by atoms with van der Waals surface area (Å²) in [6, 6.07) is 13.5. The number of halogens is 4. The first-order valence-corrected chi connectivity index (χ1v) is 10.0. The third-order valence-corrected chi connectivity index (χ3v) is 4.99. The number of hydrogen-bond donors (Lipinski definition) is 1. The van der Waals surface area contributed by atoms with Gasteiger partial charge in [-0.05, 0) is 54.1 Å². The number of nitrogens with zero attached hydrogens (tertiary/aromatic N) is 1. The van der Waals surface area contributed by atoms with Gasteiger partial charge < -0.3 is 9.47 Å². The van der Waals surface area contributed by atoms with Gasteiger partial charge in [-0.25, -0.2) is 9.82 Å². The molecule has 3 aromatic rings. The molecular weight excluding hydrogens is 466 g/mol. The van der Waals surface area contributed by atoms with Gasteiger partial charge in [-0.1, -0.05) is 40.9 Å². The fraction of sp³-hybridized carbons (Fsp3) is 0.0909. The van der Waals surface area contributed by atoms with Crippen molar-refractivity contribution in [2.75, 3.05) is 7.11 Å². The second-order valence-corrected chi connectivity index (χ2v) is 7.52. The molecule has 0 atom stereocenters. The second kappa shape index (κ2) is 10.5. The molecule has 3 rings (SSSR count). The predicted octanol–water partition coefficient (Wildman–Crippen LogP) is 6.14. The van der Waals surface area contributed by atoms with Crippen LogP contribution in [0.2, 0.25) is 15.1 Å². The van der Waals surface area contributed by atoms with E-state index in [1.807, 2.05) is 0 Å². The number of carbonyl (C=O) groups excluding carboxylic acids is 1. The Balaban J connectivity index is 1.70. The summed E-state index contributed by atoms with van der Waals surface area (Å²) in [5.74, 6) is -0.192. The van der Waals surface area contributed by atoms with Crippen LogP contribution in [0.1, 0.15) is 21.5 Å². The Morgan fingerprint density at radius 1 is 1.06 bits per heavy atom. The summed E-state index contributed by atoms with van der Waals surface area (Å²) in [5, 5.41) is 5.19. The standard InChI is InChI=1S/C22H16Cl3FN2O3/c1-30-20-9-13(11-27-28-22(29)14-3-6-17(26)7-4-14)8-19(25)21(20)31-12-15-2-5-16(23)10-18(15)24/h2-11H,12H2,1H3,(H,28,29)/b27-11-. The van der Waals surface area contributed by atoms with Crippen molar-refractivity contribution >= 4 is 46.9 Å². The molecule has 0 saturated carbocycles. The van der Waals surface area contributed by atoms with Crippen LogP contribution >= 0.6 is 34.8 Å². The Labute approximate surface area is 193 Å². The van der Waals surface area contributed by atoms with E-state index in [4.69, 9.17) is 44.3 Å². The number of amides is 1. The Hall–Kier alpha value is -2.80. The highest BCUT2D eigenvalue weighted by atomic mass is 35.5. The second-order valence-electron chi connectivity index (χ2n) is 6.26. The molecule has 0 unspecified atom stereocenters. The number of ether oxygens (including phenoxy) is 2. The monoisotopic (exact) mass is 480 g/mol. The van der Waals surface area contributed by atoms with E-state index in [1.54, 1.807) is 30.3 Å². The van der Waals surface area contributed by atoms with Crippen molar-refractivity contribution in [1.82, 2.24) is 5.43 Å². The lowest BCUT2D eigenvalue weighted by Crippen LogP contribution is -2.17. The maximum absolute atomic E-state index is 12.9. The fourth-order valence-corrected chi connectivity index (χ4v) is 3.31. The Morgan fingerprint density at radius 2 is 1.81 bits per heavy atom. The zero-order valence-electron chi connectivity index (χ0n) is 16.2. The fourth-order valence-electron chi connectivity index (χ4n) is 2.57. The first kappa shape index (κ1) is 22.9. The van der Waals surface area contributed by atoms with E-state index in [0.29, 0.717) is 27.1 Å². The van der Waals surface area contributed by atoms with Crippen LogP contribution in [0.5, 0.6) is 11.5 Å². The van der Waals surface area contributed by atoms with Gasteiger partial charge in [-0.15, -0.1) is 0 Å². The van der Waals surface area contributed by atoms with Gasteiger partial charge in [0.2, 0.25) is 0 Å². The molecule has 31 heavy (non-hydrogen) atoms. The molecule has 1 amide bonds. The average Bonchev–Trinajstić information content (AvgIpc) is 2.74. The largest absolute Gasteiger partial charge is 0.493 e. The number of benzene rings is 3. The molecule has 5 nitrogen and oxygen atoms in total. The van der Waals surface area contributed by atoms with Crippen LogP contribution in [0, 0.1) is 5.82 Å². The Bertz CT molecular complexity index is 1120. The van der Waals surface area contributed by atoms with Gasteiger partial charge in [0, 0.05) is 21.2 Å². The SMILES string of the molecule is COc1cc(/C=N\NC(=O)c2ccc(F)cc2)cc(Cl)c1OCc1ccc(Cl)cc1Cl. The summed E-state index contributed by atoms with van der Waals surface area (Å²) in [6.45, 7) is 0.160. The van der Waals surface area contributed by atoms with Crippen LogP contribution in [0.25, 0.3) is 0 Å². The number of hydrogen-bond acceptors (Lipinski definition) is 4. The Morgan fingerprint density at radius 3 is 2.48 bits per heavy atom. The zero-order chi connectivity index (χ0) is 22.4. The molecule has 0 fully saturated rings. The third-order valence-electron chi connectivity index (χ3n) is 4.13. The maximum atomic E-state index is 12.9. The lowest BCUT2D eigenvalue weighted by molar-refractivity contribution is 0.0955. The van der Waals surface area contributed by atoms with E-state index in [9.17, 15) is 9.18 Å². The molecular formula is C22H16Cl3FN2O3. The van der Waals surface area contributed by atoms with Gasteiger partial charge in [-0.2, -0.15) is 5.10 Å². The minimum atomic E-state index is -0.478. The molecule has 1 N–H and O–H groups in total. The highest BCUT2D eigenvalue weighted by Crippen LogP contribution is 2.37. The van der Waals surface area contributed by atoms with Crippen LogP contribution in [0.15, 0.2) is 59.7 Å². The summed E-state index contributed by atoms with van der Waals surface area (Å²) in [6.07, 6.45) is 1.40. The van der Waals surface area contributed by atoms with Crippen LogP contribution in [0.4, 0.5) is 4.39 Å². The predicted molar refractivity (Wildman–Crippen MR) is 120 cm³/mol. The molecule has 3 aromatic carbocycles. The summed E-state index contributed by atoms with van der Waals surface area (Å²) in [7, 11) is 1.48. The highest BCUT2D eigenvalue weighted by molar-refractivity contribution is 6.35. The zero-order valence-corrected chi connectivity index (χ0v) is 18.4. The smallest absolute Gasteiger partial charge is 0.271 e. The lowest BCUT2D eigenvalue weighted by Gasteiger charge is -2.14. The van der Waals surface area contributed by atoms with Crippen molar-refractivity contribution in [3.63, 3.8) is 0 Å². The van der Waals surface area contributed by atoms with E-state index >= 15 is 0 Å². The van der Waals surface area contributed by atoms with Gasteiger partial charge in [0.25, 0.3) is 5.91 Å². The Kier molecular flexibility index (Phi) is 7.74. The molecule has 0 saturated heterocycles. The highest BCUT2D eigenvalue weighted by Gasteiger charge is 2.13. The maximum Gasteiger partial charge on any atom is 0.271 e. The molecule has 0 aromatic heterocycles. The van der Waals surface area contributed by atoms with Crippen LogP contribution < -0.4 is 14.9 Å². The molecule has 9 heteroatoms. The first-order chi connectivity index (χ1) is 14.9. The number of carbonyl (C=O) groups is 1. The molecule has 0 aliphatic heterocycles. The van der Waals surface area contributed by atoms with Crippen molar-refractivity contribution in [1.29, 1.82) is 0 Å². The summed E-state index contributed by atoms with van der Waals surface area (Å²) in [4.78, 5) is 12.0. The normalized spacial score (nSPS) is 10.9. The van der Waals surface area contributed by atoms with Crippen molar-refractivity contribution in [2.24, 2.45) is 5.10 Å². The van der Waals surface area contributed by atoms with Crippen molar-refractivity contribution in [3.8, 4) is 11.5 Å². The lowest BCUT2D eigenvalue weighted by atomic mass is 10.2. The number of nitrogens with one attached hydrogen (secondary N) is 1. The van der Waals surface area contributed by atoms with Crippen LogP contribution in [0.3, 0.4) is 0 Å². The number of rotatable bonds is 7. The van der Waals surface area contributed by atoms with E-state index in [-0.39, 0.29) is 17.2 Å². The van der Waals surface area contributed by atoms with Gasteiger partial charge in [-0.3, -0.25) is 4.79 Å². The average molecular weight is 482 g/mol. The van der Waals surface area contributed by atoms with E-state index < -0.39 is 11.7 Å². The molecule has 160 valence electrons. The van der Waals surface area contributed by atoms with Gasteiger partial charge in [0.15, 0.2) is 11.5 Å². The minimum Gasteiger partial charge on any atom is -0.493 e. The van der Waals surface area contributed by atoms with Gasteiger partial charge in [0.05, 0.1) is 18.3 Å². The summed E-state index contributed by atoms with van der Waals surface area (Å²) >= 11 is 18.4. The molecule has 0 aliphatic carbocycles. The topological polar surface area (TPSA) is 59.9 Å². The van der Waals surface area contributed by atoms with Crippen LogP contribution in [-0.4, -0.2) is 19.2 Å². The summed E-state index contributed by atoms with van der Waals surface area (Å²) in [5.41, 5.74) is 3.94. The quantitative estimate of drug-likeness (QED) is 0.326. The van der Waals surface area contributed by atoms with Gasteiger partial charge in [0.1, 0.15) is 12.4 Å². The number of hydrazone groups is 1. The van der Waals surface area contributed by atoms with Crippen molar-refractivity contribution < 1.29 is 18.7 Å². The molecule has 0 aliphatic rings. The molecule has 0 spiro atoms. The molecule has 0 bridgehead atoms. The number of methoxy groups -OCH3 is 1. The minimum absolute atomic E-state index is 0.160. The van der Waals surface area contributed by atoms with Crippen molar-refractivity contribution in [2.45, 2.75) is 6.61 Å². The third kappa shape index (κ3) is 6.10. The van der Waals surface area contributed by atoms with Crippen LogP contribution in [-0.2, 0) is 6.61 Å².